The Morgan fingerprint density at radius 2 is 1.88 bits per heavy atom. The van der Waals surface area contributed by atoms with Gasteiger partial charge in [-0.15, -0.1) is 10.2 Å². The third kappa shape index (κ3) is 4.03. The van der Waals surface area contributed by atoms with E-state index in [2.05, 4.69) is 40.2 Å². The summed E-state index contributed by atoms with van der Waals surface area (Å²) in [5.41, 5.74) is 8.23. The summed E-state index contributed by atoms with van der Waals surface area (Å²) in [5.74, 6) is 1.30. The van der Waals surface area contributed by atoms with Gasteiger partial charge in [0.15, 0.2) is 5.82 Å². The minimum Gasteiger partial charge on any atom is -0.328 e. The molecule has 2 atom stereocenters. The van der Waals surface area contributed by atoms with Crippen LogP contribution in [-0.2, 0) is 7.05 Å². The van der Waals surface area contributed by atoms with Gasteiger partial charge < -0.3 is 14.8 Å². The van der Waals surface area contributed by atoms with Crippen molar-refractivity contribution in [2.75, 3.05) is 18.9 Å². The Bertz CT molecular complexity index is 732. The normalized spacial score (nSPS) is 22.4. The maximum atomic E-state index is 12.4. The van der Waals surface area contributed by atoms with Crippen molar-refractivity contribution in [1.29, 1.82) is 0 Å². The Balaban J connectivity index is 1.53. The van der Waals surface area contributed by atoms with Crippen LogP contribution in [0.25, 0.3) is 11.4 Å². The van der Waals surface area contributed by atoms with E-state index in [1.54, 1.807) is 11.2 Å². The van der Waals surface area contributed by atoms with Crippen LogP contribution in [-0.4, -0.2) is 51.4 Å². The molecule has 8 nitrogen and oxygen atoms in total. The van der Waals surface area contributed by atoms with Crippen molar-refractivity contribution in [3.8, 4) is 11.4 Å². The average Bonchev–Trinajstić information content (AvgIpc) is 3.19. The molecule has 0 radical (unpaired) electrons. The van der Waals surface area contributed by atoms with Crippen LogP contribution in [0.5, 0.6) is 0 Å². The van der Waals surface area contributed by atoms with E-state index in [1.165, 1.54) is 0 Å². The first-order chi connectivity index (χ1) is 12.5. The number of aryl methyl sites for hydroxylation is 1. The van der Waals surface area contributed by atoms with E-state index in [-0.39, 0.29) is 6.03 Å². The number of hydrogen-bond donors (Lipinski definition) is 3. The van der Waals surface area contributed by atoms with Gasteiger partial charge in [-0.05, 0) is 50.5 Å². The number of hydrogen-bond acceptors (Lipinski definition) is 5. The first-order valence-electron chi connectivity index (χ1n) is 8.93. The highest BCUT2D eigenvalue weighted by atomic mass is 16.2. The quantitative estimate of drug-likeness (QED) is 0.760. The van der Waals surface area contributed by atoms with Gasteiger partial charge in [0.25, 0.3) is 0 Å². The summed E-state index contributed by atoms with van der Waals surface area (Å²) in [4.78, 5) is 14.1. The van der Waals surface area contributed by atoms with E-state index < -0.39 is 0 Å². The summed E-state index contributed by atoms with van der Waals surface area (Å²) in [6.45, 7) is 5.05. The molecule has 2 heterocycles. The van der Waals surface area contributed by atoms with E-state index in [1.807, 2.05) is 42.9 Å². The lowest BCUT2D eigenvalue weighted by atomic mass is 9.93. The zero-order valence-electron chi connectivity index (χ0n) is 15.7. The van der Waals surface area contributed by atoms with Gasteiger partial charge in [0.05, 0.1) is 0 Å². The standard InChI is InChI=1S/C18H27N7O/c1-12-16(13(2)22-21-12)9-10-24(3)18(26)20-15-7-5-14(6-8-15)17-23-19-11-25(17)4/h5-8,11-13,16,21-22H,9-10H2,1-4H3,(H,20,26). The Morgan fingerprint density at radius 3 is 2.46 bits per heavy atom. The van der Waals surface area contributed by atoms with Gasteiger partial charge >= 0.3 is 6.03 Å². The number of nitrogens with zero attached hydrogens (tertiary/aromatic N) is 4. The van der Waals surface area contributed by atoms with Crippen LogP contribution in [0, 0.1) is 5.92 Å². The van der Waals surface area contributed by atoms with E-state index in [4.69, 9.17) is 0 Å². The number of carbonyl (C=O) groups excluding carboxylic acids is 1. The van der Waals surface area contributed by atoms with Crippen LogP contribution in [0.15, 0.2) is 30.6 Å². The van der Waals surface area contributed by atoms with Crippen molar-refractivity contribution in [2.24, 2.45) is 13.0 Å². The van der Waals surface area contributed by atoms with E-state index in [9.17, 15) is 4.79 Å². The number of aromatic nitrogens is 3. The van der Waals surface area contributed by atoms with Crippen LogP contribution < -0.4 is 16.2 Å². The third-order valence-corrected chi connectivity index (χ3v) is 5.07. The molecule has 140 valence electrons. The van der Waals surface area contributed by atoms with Crippen molar-refractivity contribution >= 4 is 11.7 Å². The highest BCUT2D eigenvalue weighted by Crippen LogP contribution is 2.20. The molecule has 8 heteroatoms. The molecule has 3 rings (SSSR count). The molecule has 0 spiro atoms. The molecule has 0 aliphatic carbocycles. The summed E-state index contributed by atoms with van der Waals surface area (Å²) >= 11 is 0. The van der Waals surface area contributed by atoms with Crippen molar-refractivity contribution in [3.05, 3.63) is 30.6 Å². The lowest BCUT2D eigenvalue weighted by molar-refractivity contribution is 0.217. The first kappa shape index (κ1) is 18.3. The van der Waals surface area contributed by atoms with E-state index in [0.717, 1.165) is 23.5 Å². The lowest BCUT2D eigenvalue weighted by Crippen LogP contribution is -2.35. The summed E-state index contributed by atoms with van der Waals surface area (Å²) in [6, 6.07) is 8.34. The maximum Gasteiger partial charge on any atom is 0.321 e. The van der Waals surface area contributed by atoms with E-state index >= 15 is 0 Å². The molecule has 1 aliphatic rings. The summed E-state index contributed by atoms with van der Waals surface area (Å²) in [7, 11) is 3.73. The molecule has 0 saturated carbocycles. The smallest absolute Gasteiger partial charge is 0.321 e. The van der Waals surface area contributed by atoms with Crippen molar-refractivity contribution in [1.82, 2.24) is 30.5 Å². The highest BCUT2D eigenvalue weighted by Gasteiger charge is 2.29. The predicted octanol–water partition coefficient (Wildman–Crippen LogP) is 1.84. The number of hydrazine groups is 1. The van der Waals surface area contributed by atoms with Gasteiger partial charge in [-0.25, -0.2) is 4.79 Å². The summed E-state index contributed by atoms with van der Waals surface area (Å²) in [5, 5.41) is 10.9. The third-order valence-electron chi connectivity index (χ3n) is 5.07. The Morgan fingerprint density at radius 1 is 1.23 bits per heavy atom. The molecule has 1 aliphatic heterocycles. The molecule has 1 aromatic carbocycles. The number of anilines is 1. The van der Waals surface area contributed by atoms with Gasteiger partial charge in [0, 0.05) is 44.0 Å². The Hall–Kier alpha value is -2.45. The number of urea groups is 1. The molecule has 26 heavy (non-hydrogen) atoms. The minimum absolute atomic E-state index is 0.101. The van der Waals surface area contributed by atoms with Crippen LogP contribution in [0.1, 0.15) is 20.3 Å². The highest BCUT2D eigenvalue weighted by molar-refractivity contribution is 5.89. The molecule has 2 unspecified atom stereocenters. The second-order valence-electron chi connectivity index (χ2n) is 7.01. The second kappa shape index (κ2) is 7.84. The van der Waals surface area contributed by atoms with Crippen molar-refractivity contribution in [3.63, 3.8) is 0 Å². The lowest BCUT2D eigenvalue weighted by Gasteiger charge is -2.23. The number of carbonyl (C=O) groups is 1. The monoisotopic (exact) mass is 357 g/mol. The van der Waals surface area contributed by atoms with Crippen LogP contribution in [0.3, 0.4) is 0 Å². The van der Waals surface area contributed by atoms with Crippen LogP contribution in [0.4, 0.5) is 10.5 Å². The zero-order chi connectivity index (χ0) is 18.7. The second-order valence-corrected chi connectivity index (χ2v) is 7.01. The Kier molecular flexibility index (Phi) is 5.53. The number of benzene rings is 1. The molecule has 2 amide bonds. The van der Waals surface area contributed by atoms with Crippen LogP contribution >= 0.6 is 0 Å². The summed E-state index contributed by atoms with van der Waals surface area (Å²) in [6.07, 6.45) is 2.62. The van der Waals surface area contributed by atoms with Gasteiger partial charge in [0.1, 0.15) is 6.33 Å². The maximum absolute atomic E-state index is 12.4. The Labute approximate surface area is 154 Å². The largest absolute Gasteiger partial charge is 0.328 e. The zero-order valence-corrected chi connectivity index (χ0v) is 15.7. The van der Waals surface area contributed by atoms with Gasteiger partial charge in [-0.3, -0.25) is 10.9 Å². The van der Waals surface area contributed by atoms with Gasteiger partial charge in [0.2, 0.25) is 0 Å². The molecule has 2 aromatic rings. The topological polar surface area (TPSA) is 87.1 Å². The summed E-state index contributed by atoms with van der Waals surface area (Å²) < 4.78 is 1.86. The van der Waals surface area contributed by atoms with Gasteiger partial charge in [-0.1, -0.05) is 0 Å². The first-order valence-corrected chi connectivity index (χ1v) is 8.93. The van der Waals surface area contributed by atoms with Crippen molar-refractivity contribution < 1.29 is 4.79 Å². The molecule has 1 aromatic heterocycles. The van der Waals surface area contributed by atoms with E-state index in [0.29, 0.717) is 24.5 Å². The predicted molar refractivity (Wildman–Crippen MR) is 101 cm³/mol. The number of nitrogens with one attached hydrogen (secondary N) is 3. The number of amides is 2. The fraction of sp³-hybridized carbons (Fsp3) is 0.500. The molecular weight excluding hydrogens is 330 g/mol. The number of rotatable bonds is 5. The fourth-order valence-corrected chi connectivity index (χ4v) is 3.32. The van der Waals surface area contributed by atoms with Crippen molar-refractivity contribution in [2.45, 2.75) is 32.4 Å². The molecule has 0 bridgehead atoms. The fourth-order valence-electron chi connectivity index (χ4n) is 3.32. The van der Waals surface area contributed by atoms with Crippen LogP contribution in [0.2, 0.25) is 0 Å². The molecule has 1 fully saturated rings. The van der Waals surface area contributed by atoms with Gasteiger partial charge in [-0.2, -0.15) is 0 Å². The molecule has 3 N–H and O–H groups in total. The average molecular weight is 357 g/mol. The molecular formula is C18H27N7O. The SMILES string of the molecule is CC1NNC(C)C1CCN(C)C(=O)Nc1ccc(-c2nncn2C)cc1. The molecule has 1 saturated heterocycles. The minimum atomic E-state index is -0.101.